The van der Waals surface area contributed by atoms with E-state index in [0.717, 1.165) is 22.4 Å². The van der Waals surface area contributed by atoms with Crippen LogP contribution in [0.5, 0.6) is 0 Å². The van der Waals surface area contributed by atoms with Crippen molar-refractivity contribution in [2.75, 3.05) is 44.2 Å². The third kappa shape index (κ3) is 7.22. The van der Waals surface area contributed by atoms with Crippen molar-refractivity contribution in [2.24, 2.45) is 4.99 Å². The molecular weight excluding hydrogens is 763 g/mol. The minimum Gasteiger partial charge on any atom is -0.481 e. The van der Waals surface area contributed by atoms with Crippen LogP contribution in [0.2, 0.25) is 0 Å². The molecule has 2 unspecified atom stereocenters. The lowest BCUT2D eigenvalue weighted by Gasteiger charge is -2.38. The number of carboxylic acids is 1. The van der Waals surface area contributed by atoms with Crippen molar-refractivity contribution < 1.29 is 28.6 Å². The molecule has 11 nitrogen and oxygen atoms in total. The molecule has 2 atom stereocenters. The fourth-order valence-corrected chi connectivity index (χ4v) is 8.11. The van der Waals surface area contributed by atoms with Crippen molar-refractivity contribution >= 4 is 56.8 Å². The highest BCUT2D eigenvalue weighted by Crippen LogP contribution is 2.38. The molecule has 0 saturated carbocycles. The molecule has 2 amide bonds. The van der Waals surface area contributed by atoms with Crippen LogP contribution in [-0.4, -0.2) is 89.1 Å². The highest BCUT2D eigenvalue weighted by atomic mass is 79.9. The molecule has 14 heteroatoms. The van der Waals surface area contributed by atoms with Gasteiger partial charge in [-0.15, -0.1) is 11.3 Å². The number of nitrogens with zero attached hydrogens (tertiary/aromatic N) is 5. The third-order valence-electron chi connectivity index (χ3n) is 9.99. The minimum atomic E-state index is -0.990. The number of piperazine rings is 1. The van der Waals surface area contributed by atoms with E-state index < -0.39 is 29.2 Å². The molecule has 4 aromatic rings. The van der Waals surface area contributed by atoms with Gasteiger partial charge in [-0.1, -0.05) is 58.4 Å². The number of anilines is 1. The second kappa shape index (κ2) is 14.8. The van der Waals surface area contributed by atoms with Crippen molar-refractivity contribution in [3.8, 4) is 11.1 Å². The van der Waals surface area contributed by atoms with Crippen LogP contribution < -0.4 is 10.2 Å². The molecule has 2 saturated heterocycles. The van der Waals surface area contributed by atoms with E-state index in [1.54, 1.807) is 37.9 Å². The predicted octanol–water partition coefficient (Wildman–Crippen LogP) is 6.61. The molecule has 4 heterocycles. The Morgan fingerprint density at radius 1 is 1.06 bits per heavy atom. The van der Waals surface area contributed by atoms with Crippen LogP contribution in [-0.2, 0) is 19.7 Å². The number of fused-ring (bicyclic) bond motifs is 1. The zero-order chi connectivity index (χ0) is 37.4. The van der Waals surface area contributed by atoms with Crippen LogP contribution in [0.4, 0.5) is 14.9 Å². The maximum atomic E-state index is 14.2. The van der Waals surface area contributed by atoms with E-state index >= 15 is 0 Å². The predicted molar refractivity (Wildman–Crippen MR) is 205 cm³/mol. The highest BCUT2D eigenvalue weighted by molar-refractivity contribution is 9.10. The normalized spacial score (nSPS) is 19.2. The number of hydrogen-bond acceptors (Lipinski definition) is 9. The van der Waals surface area contributed by atoms with Gasteiger partial charge in [0.15, 0.2) is 10.8 Å². The lowest BCUT2D eigenvalue weighted by molar-refractivity contribution is -0.142. The average Bonchev–Trinajstić information content (AvgIpc) is 3.80. The highest BCUT2D eigenvalue weighted by Gasteiger charge is 2.42. The Balaban J connectivity index is 1.10. The van der Waals surface area contributed by atoms with Crippen LogP contribution in [0.25, 0.3) is 11.1 Å². The zero-order valence-corrected chi connectivity index (χ0v) is 31.8. The number of amidine groups is 1. The lowest BCUT2D eigenvalue weighted by Crippen LogP contribution is -2.53. The van der Waals surface area contributed by atoms with Crippen LogP contribution in [0.15, 0.2) is 99.0 Å². The van der Waals surface area contributed by atoms with Crippen LogP contribution in [0.1, 0.15) is 42.9 Å². The minimum absolute atomic E-state index is 0.0516. The molecule has 1 aromatic heterocycles. The first-order valence-electron chi connectivity index (χ1n) is 17.3. The lowest BCUT2D eigenvalue weighted by atomic mass is 9.84. The van der Waals surface area contributed by atoms with Gasteiger partial charge in [0.2, 0.25) is 0 Å². The zero-order valence-electron chi connectivity index (χ0n) is 29.4. The summed E-state index contributed by atoms with van der Waals surface area (Å²) in [6.45, 7) is 7.83. The van der Waals surface area contributed by atoms with Gasteiger partial charge in [-0.3, -0.25) is 19.6 Å². The summed E-state index contributed by atoms with van der Waals surface area (Å²) >= 11 is 4.90. The van der Waals surface area contributed by atoms with E-state index in [1.807, 2.05) is 58.8 Å². The number of halogens is 2. The molecule has 53 heavy (non-hydrogen) atoms. The van der Waals surface area contributed by atoms with Gasteiger partial charge in [0.25, 0.3) is 0 Å². The molecule has 7 rings (SSSR count). The van der Waals surface area contributed by atoms with Gasteiger partial charge in [0, 0.05) is 60.2 Å². The molecular formula is C39H38BrFN6O5S. The number of nitrogens with one attached hydrogen (secondary N) is 1. The average molecular weight is 802 g/mol. The first kappa shape index (κ1) is 36.4. The Hall–Kier alpha value is -4.92. The molecule has 3 aromatic carbocycles. The molecule has 2 N–H and O–H groups in total. The summed E-state index contributed by atoms with van der Waals surface area (Å²) in [5.74, 6) is -1.30. The van der Waals surface area contributed by atoms with Crippen molar-refractivity contribution in [2.45, 2.75) is 38.3 Å². The molecule has 0 radical (unpaired) electrons. The monoisotopic (exact) mass is 800 g/mol. The van der Waals surface area contributed by atoms with Crippen molar-refractivity contribution in [1.82, 2.24) is 20.1 Å². The smallest absolute Gasteiger partial charge is 0.338 e. The maximum absolute atomic E-state index is 14.2. The number of carbonyl (C=O) groups is 3. The Morgan fingerprint density at radius 3 is 2.42 bits per heavy atom. The number of thiazole rings is 1. The van der Waals surface area contributed by atoms with Gasteiger partial charge in [0.05, 0.1) is 23.6 Å². The quantitative estimate of drug-likeness (QED) is 0.172. The van der Waals surface area contributed by atoms with E-state index in [0.29, 0.717) is 64.9 Å². The Bertz CT molecular complexity index is 2110. The summed E-state index contributed by atoms with van der Waals surface area (Å²) in [7, 11) is 0. The molecule has 274 valence electrons. The largest absolute Gasteiger partial charge is 0.481 e. The number of aromatic nitrogens is 1. The summed E-state index contributed by atoms with van der Waals surface area (Å²) < 4.78 is 20.2. The van der Waals surface area contributed by atoms with Gasteiger partial charge >= 0.3 is 18.0 Å². The Kier molecular flexibility index (Phi) is 10.2. The van der Waals surface area contributed by atoms with Crippen LogP contribution >= 0.6 is 27.3 Å². The number of carboxylic acid groups (broad SMARTS) is 1. The third-order valence-corrected chi connectivity index (χ3v) is 11.5. The fourth-order valence-electron chi connectivity index (χ4n) is 6.96. The number of aliphatic carboxylic acids is 1. The number of hydrogen-bond donors (Lipinski definition) is 2. The Labute approximate surface area is 318 Å². The van der Waals surface area contributed by atoms with E-state index in [2.05, 4.69) is 31.1 Å². The van der Waals surface area contributed by atoms with E-state index in [4.69, 9.17) is 9.73 Å². The number of esters is 1. The van der Waals surface area contributed by atoms with Gasteiger partial charge in [-0.25, -0.2) is 19.0 Å². The number of rotatable bonds is 10. The van der Waals surface area contributed by atoms with Crippen LogP contribution in [0.3, 0.4) is 0 Å². The topological polar surface area (TPSA) is 128 Å². The molecule has 3 aliphatic heterocycles. The summed E-state index contributed by atoms with van der Waals surface area (Å²) in [5, 5.41) is 15.5. The van der Waals surface area contributed by atoms with E-state index in [1.165, 1.54) is 23.5 Å². The van der Waals surface area contributed by atoms with Crippen molar-refractivity contribution in [3.63, 3.8) is 0 Å². The molecule has 0 bridgehead atoms. The molecule has 2 fully saturated rings. The van der Waals surface area contributed by atoms with Crippen LogP contribution in [0, 0.1) is 5.82 Å². The number of carbonyl (C=O) groups excluding carboxylic acids is 2. The second-order valence-electron chi connectivity index (χ2n) is 13.7. The van der Waals surface area contributed by atoms with E-state index in [9.17, 15) is 23.9 Å². The van der Waals surface area contributed by atoms with Gasteiger partial charge in [-0.05, 0) is 67.3 Å². The maximum Gasteiger partial charge on any atom is 0.338 e. The standard InChI is InChI=1S/C39H38BrFN6O5S/c1-4-52-36(48)32-31(43-34(35-42-15-18-53-35)44-33(32)29-14-11-26(41)19-30(29)40)22-45-16-17-46-28(20-45)21-47(38(46)51)27-12-7-24(8-13-27)23-5-9-25(10-6-23)39(2,3)37(49)50/h5-15,18-19,28,33H,4,16-17,20-22H2,1-3H3,(H,43,44)(H,49,50). The summed E-state index contributed by atoms with van der Waals surface area (Å²) in [5.41, 5.74) is 4.02. The van der Waals surface area contributed by atoms with E-state index in [-0.39, 0.29) is 18.7 Å². The first-order valence-corrected chi connectivity index (χ1v) is 19.0. The number of ether oxygens (including phenoxy) is 1. The molecule has 0 aliphatic carbocycles. The molecule has 0 spiro atoms. The summed E-state index contributed by atoms with van der Waals surface area (Å²) in [4.78, 5) is 54.3. The summed E-state index contributed by atoms with van der Waals surface area (Å²) in [6, 6.07) is 18.8. The van der Waals surface area contributed by atoms with Gasteiger partial charge in [-0.2, -0.15) is 0 Å². The SMILES string of the molecule is CCOC(=O)C1=C(CN2CCN3C(=O)N(c4ccc(-c5ccc(C(C)(C)C(=O)O)cc5)cc4)CC3C2)NC(c2nccs2)=NC1c1ccc(F)cc1Br. The number of aliphatic imine (C=N–C) groups is 1. The van der Waals surface area contributed by atoms with Gasteiger partial charge in [0.1, 0.15) is 11.9 Å². The molecule has 3 aliphatic rings. The number of amides is 2. The summed E-state index contributed by atoms with van der Waals surface area (Å²) in [6.07, 6.45) is 1.69. The second-order valence-corrected chi connectivity index (χ2v) is 15.4. The van der Waals surface area contributed by atoms with Crippen molar-refractivity contribution in [3.05, 3.63) is 116 Å². The van der Waals surface area contributed by atoms with Crippen molar-refractivity contribution in [1.29, 1.82) is 0 Å². The fraction of sp³-hybridized carbons (Fsp3) is 0.308. The number of benzene rings is 3. The number of urea groups is 1. The first-order chi connectivity index (χ1) is 25.4. The Morgan fingerprint density at radius 2 is 1.77 bits per heavy atom. The van der Waals surface area contributed by atoms with Gasteiger partial charge < -0.3 is 20.1 Å².